The Hall–Kier alpha value is -2.45. The van der Waals surface area contributed by atoms with E-state index in [-0.39, 0.29) is 24.9 Å². The molecule has 0 spiro atoms. The van der Waals surface area contributed by atoms with Crippen LogP contribution in [0.25, 0.3) is 0 Å². The van der Waals surface area contributed by atoms with Crippen molar-refractivity contribution in [2.75, 3.05) is 33.5 Å². The molecule has 2 atom stereocenters. The van der Waals surface area contributed by atoms with Crippen LogP contribution < -0.4 is 0 Å². The highest BCUT2D eigenvalue weighted by Crippen LogP contribution is 2.24. The number of likely N-dealkylation sites (tertiary alicyclic amines) is 1. The average Bonchev–Trinajstić information content (AvgIpc) is 3.10. The fraction of sp³-hybridized carbons (Fsp3) is 0.571. The zero-order chi connectivity index (χ0) is 21.4. The number of esters is 1. The lowest BCUT2D eigenvalue weighted by Crippen LogP contribution is -2.44. The van der Waals surface area contributed by atoms with Crippen LogP contribution in [0.1, 0.15) is 37.6 Å². The minimum atomic E-state index is -0.874. The molecule has 1 aliphatic heterocycles. The quantitative estimate of drug-likeness (QED) is 0.371. The van der Waals surface area contributed by atoms with Crippen LogP contribution in [0.3, 0.4) is 0 Å². The Morgan fingerprint density at radius 3 is 2.41 bits per heavy atom. The standard InChI is InChI=1S/C21H29NO7/c1-21(2,3)29-20(25)22-13-16(27-11-10-26-4)12-17(22)19(24)28-14-18(23)15-8-6-5-7-9-15/h5-9,16-17H,10-14H2,1-4H3/t16-,17+/m1/s1. The molecule has 160 valence electrons. The number of hydrogen-bond acceptors (Lipinski definition) is 7. The number of ether oxygens (including phenoxy) is 4. The van der Waals surface area contributed by atoms with Crippen LogP contribution in [0.15, 0.2) is 30.3 Å². The van der Waals surface area contributed by atoms with Gasteiger partial charge in [0.25, 0.3) is 0 Å². The third-order valence-corrected chi connectivity index (χ3v) is 4.25. The molecule has 1 amide bonds. The van der Waals surface area contributed by atoms with Gasteiger partial charge in [0.15, 0.2) is 12.4 Å². The lowest BCUT2D eigenvalue weighted by molar-refractivity contribution is -0.147. The Bertz CT molecular complexity index is 699. The molecule has 1 aliphatic rings. The topological polar surface area (TPSA) is 91.4 Å². The number of ketones is 1. The van der Waals surface area contributed by atoms with Crippen molar-refractivity contribution in [2.24, 2.45) is 0 Å². The van der Waals surface area contributed by atoms with Crippen LogP contribution in [0.4, 0.5) is 4.79 Å². The molecule has 0 aromatic heterocycles. The predicted molar refractivity (Wildman–Crippen MR) is 105 cm³/mol. The highest BCUT2D eigenvalue weighted by Gasteiger charge is 2.43. The molecule has 1 saturated heterocycles. The summed E-state index contributed by atoms with van der Waals surface area (Å²) in [4.78, 5) is 38.7. The molecular formula is C21H29NO7. The first-order chi connectivity index (χ1) is 13.7. The lowest BCUT2D eigenvalue weighted by Gasteiger charge is -2.27. The molecule has 29 heavy (non-hydrogen) atoms. The number of Topliss-reactive ketones (excluding diaryl/α,β-unsaturated/α-hetero) is 1. The van der Waals surface area contributed by atoms with Crippen molar-refractivity contribution >= 4 is 17.8 Å². The smallest absolute Gasteiger partial charge is 0.411 e. The molecule has 0 aliphatic carbocycles. The van der Waals surface area contributed by atoms with Gasteiger partial charge in [0.1, 0.15) is 11.6 Å². The van der Waals surface area contributed by atoms with Crippen LogP contribution in [0, 0.1) is 0 Å². The van der Waals surface area contributed by atoms with Gasteiger partial charge >= 0.3 is 12.1 Å². The third kappa shape index (κ3) is 7.14. The van der Waals surface area contributed by atoms with E-state index in [4.69, 9.17) is 18.9 Å². The second-order valence-electron chi connectivity index (χ2n) is 7.77. The molecule has 0 N–H and O–H groups in total. The fourth-order valence-electron chi connectivity index (χ4n) is 2.90. The van der Waals surface area contributed by atoms with E-state index in [2.05, 4.69) is 0 Å². The Kier molecular flexibility index (Phi) is 8.16. The molecular weight excluding hydrogens is 378 g/mol. The molecule has 0 unspecified atom stereocenters. The van der Waals surface area contributed by atoms with E-state index >= 15 is 0 Å². The van der Waals surface area contributed by atoms with E-state index in [1.165, 1.54) is 4.90 Å². The van der Waals surface area contributed by atoms with Gasteiger partial charge in [-0.3, -0.25) is 9.69 Å². The Morgan fingerprint density at radius 2 is 1.79 bits per heavy atom. The number of carbonyl (C=O) groups excluding carboxylic acids is 3. The molecule has 0 saturated carbocycles. The van der Waals surface area contributed by atoms with Gasteiger partial charge < -0.3 is 18.9 Å². The van der Waals surface area contributed by atoms with Crippen LogP contribution in [-0.2, 0) is 23.7 Å². The van der Waals surface area contributed by atoms with Gasteiger partial charge in [-0.05, 0) is 20.8 Å². The molecule has 1 aromatic carbocycles. The van der Waals surface area contributed by atoms with Gasteiger partial charge in [-0.1, -0.05) is 30.3 Å². The molecule has 8 heteroatoms. The molecule has 1 fully saturated rings. The second kappa shape index (κ2) is 10.4. The summed E-state index contributed by atoms with van der Waals surface area (Å²) >= 11 is 0. The average molecular weight is 407 g/mol. The number of methoxy groups -OCH3 is 1. The molecule has 0 bridgehead atoms. The maximum atomic E-state index is 12.6. The lowest BCUT2D eigenvalue weighted by atomic mass is 10.1. The summed E-state index contributed by atoms with van der Waals surface area (Å²) in [7, 11) is 1.56. The number of amides is 1. The van der Waals surface area contributed by atoms with Crippen molar-refractivity contribution in [3.63, 3.8) is 0 Å². The van der Waals surface area contributed by atoms with E-state index in [0.717, 1.165) is 0 Å². The van der Waals surface area contributed by atoms with Gasteiger partial charge in [-0.2, -0.15) is 0 Å². The SMILES string of the molecule is COCCO[C@@H]1C[C@@H](C(=O)OCC(=O)c2ccccc2)N(C(=O)OC(C)(C)C)C1. The molecule has 8 nitrogen and oxygen atoms in total. The summed E-state index contributed by atoms with van der Waals surface area (Å²) in [5.74, 6) is -0.966. The highest BCUT2D eigenvalue weighted by atomic mass is 16.6. The Labute approximate surface area is 171 Å². The second-order valence-corrected chi connectivity index (χ2v) is 7.77. The minimum Gasteiger partial charge on any atom is -0.456 e. The summed E-state index contributed by atoms with van der Waals surface area (Å²) in [6, 6.07) is 7.69. The summed E-state index contributed by atoms with van der Waals surface area (Å²) in [5.41, 5.74) is -0.249. The maximum Gasteiger partial charge on any atom is 0.411 e. The maximum absolute atomic E-state index is 12.6. The van der Waals surface area contributed by atoms with Crippen molar-refractivity contribution < 1.29 is 33.3 Å². The summed E-state index contributed by atoms with van der Waals surface area (Å²) in [6.45, 7) is 5.81. The van der Waals surface area contributed by atoms with Crippen LogP contribution in [0.2, 0.25) is 0 Å². The third-order valence-electron chi connectivity index (χ3n) is 4.25. The van der Waals surface area contributed by atoms with Gasteiger partial charge in [0.2, 0.25) is 0 Å². The van der Waals surface area contributed by atoms with E-state index in [1.807, 2.05) is 0 Å². The summed E-state index contributed by atoms with van der Waals surface area (Å²) in [5, 5.41) is 0. The number of nitrogens with zero attached hydrogens (tertiary/aromatic N) is 1. The summed E-state index contributed by atoms with van der Waals surface area (Å²) in [6.07, 6.45) is -0.701. The minimum absolute atomic E-state index is 0.199. The molecule has 2 rings (SSSR count). The van der Waals surface area contributed by atoms with E-state index in [0.29, 0.717) is 18.8 Å². The van der Waals surface area contributed by atoms with Crippen molar-refractivity contribution in [3.05, 3.63) is 35.9 Å². The monoisotopic (exact) mass is 407 g/mol. The van der Waals surface area contributed by atoms with Gasteiger partial charge in [0.05, 0.1) is 25.9 Å². The number of hydrogen-bond donors (Lipinski definition) is 0. The number of benzene rings is 1. The van der Waals surface area contributed by atoms with Crippen molar-refractivity contribution in [2.45, 2.75) is 44.9 Å². The predicted octanol–water partition coefficient (Wildman–Crippen LogP) is 2.45. The zero-order valence-corrected chi connectivity index (χ0v) is 17.4. The summed E-state index contributed by atoms with van der Waals surface area (Å²) < 4.78 is 21.3. The van der Waals surface area contributed by atoms with Gasteiger partial charge in [-0.15, -0.1) is 0 Å². The Balaban J connectivity index is 2.01. The van der Waals surface area contributed by atoms with Gasteiger partial charge in [0, 0.05) is 19.1 Å². The zero-order valence-electron chi connectivity index (χ0n) is 17.4. The highest BCUT2D eigenvalue weighted by molar-refractivity contribution is 5.98. The van der Waals surface area contributed by atoms with E-state index in [1.54, 1.807) is 58.2 Å². The van der Waals surface area contributed by atoms with Crippen LogP contribution in [0.5, 0.6) is 0 Å². The van der Waals surface area contributed by atoms with Crippen LogP contribution >= 0.6 is 0 Å². The molecule has 1 aromatic rings. The Morgan fingerprint density at radius 1 is 1.10 bits per heavy atom. The van der Waals surface area contributed by atoms with E-state index in [9.17, 15) is 14.4 Å². The van der Waals surface area contributed by atoms with Crippen molar-refractivity contribution in [3.8, 4) is 0 Å². The first-order valence-electron chi connectivity index (χ1n) is 9.56. The largest absolute Gasteiger partial charge is 0.456 e. The normalized spacial score (nSPS) is 19.1. The van der Waals surface area contributed by atoms with Gasteiger partial charge in [-0.25, -0.2) is 9.59 Å². The number of rotatable bonds is 8. The van der Waals surface area contributed by atoms with Crippen LogP contribution in [-0.4, -0.2) is 74.0 Å². The first-order valence-corrected chi connectivity index (χ1v) is 9.56. The molecule has 0 radical (unpaired) electrons. The number of carbonyl (C=O) groups is 3. The fourth-order valence-corrected chi connectivity index (χ4v) is 2.90. The van der Waals surface area contributed by atoms with Crippen molar-refractivity contribution in [1.29, 1.82) is 0 Å². The molecule has 1 heterocycles. The first kappa shape index (κ1) is 22.8. The van der Waals surface area contributed by atoms with E-state index < -0.39 is 30.3 Å². The van der Waals surface area contributed by atoms with Crippen molar-refractivity contribution in [1.82, 2.24) is 4.90 Å².